The van der Waals surface area contributed by atoms with E-state index >= 15 is 0 Å². The minimum Gasteiger partial charge on any atom is -0.478 e. The van der Waals surface area contributed by atoms with E-state index in [1.165, 1.54) is 6.92 Å². The molecule has 0 aliphatic rings. The maximum absolute atomic E-state index is 11.9. The van der Waals surface area contributed by atoms with E-state index in [-0.39, 0.29) is 11.3 Å². The Morgan fingerprint density at radius 2 is 1.68 bits per heavy atom. The van der Waals surface area contributed by atoms with Gasteiger partial charge in [0.05, 0.1) is 0 Å². The SMILES string of the molecule is C/C(=C/C(=O)O)NC(=O)c1ccc(C(C)(C)C)cc1. The number of hydrogen-bond donors (Lipinski definition) is 2. The summed E-state index contributed by atoms with van der Waals surface area (Å²) in [6.45, 7) is 7.83. The lowest BCUT2D eigenvalue weighted by Gasteiger charge is -2.19. The molecule has 2 N–H and O–H groups in total. The van der Waals surface area contributed by atoms with Crippen LogP contribution in [0.15, 0.2) is 36.0 Å². The van der Waals surface area contributed by atoms with Gasteiger partial charge in [-0.15, -0.1) is 0 Å². The lowest BCUT2D eigenvalue weighted by molar-refractivity contribution is -0.131. The van der Waals surface area contributed by atoms with Crippen LogP contribution in [0.4, 0.5) is 0 Å². The Morgan fingerprint density at radius 3 is 2.11 bits per heavy atom. The number of carboxylic acids is 1. The summed E-state index contributed by atoms with van der Waals surface area (Å²) in [7, 11) is 0. The monoisotopic (exact) mass is 261 g/mol. The molecule has 1 rings (SSSR count). The number of carbonyl (C=O) groups is 2. The van der Waals surface area contributed by atoms with E-state index in [2.05, 4.69) is 26.1 Å². The smallest absolute Gasteiger partial charge is 0.330 e. The summed E-state index contributed by atoms with van der Waals surface area (Å²) in [5, 5.41) is 11.1. The molecule has 0 radical (unpaired) electrons. The van der Waals surface area contributed by atoms with Crippen LogP contribution in [-0.2, 0) is 10.2 Å². The van der Waals surface area contributed by atoms with Gasteiger partial charge < -0.3 is 10.4 Å². The zero-order valence-corrected chi connectivity index (χ0v) is 11.7. The van der Waals surface area contributed by atoms with E-state index in [4.69, 9.17) is 5.11 Å². The van der Waals surface area contributed by atoms with E-state index in [1.54, 1.807) is 12.1 Å². The summed E-state index contributed by atoms with van der Waals surface area (Å²) in [6, 6.07) is 7.30. The molecule has 1 aromatic carbocycles. The quantitative estimate of drug-likeness (QED) is 0.822. The Kier molecular flexibility index (Phi) is 4.48. The lowest BCUT2D eigenvalue weighted by Crippen LogP contribution is -2.22. The summed E-state index contributed by atoms with van der Waals surface area (Å²) >= 11 is 0. The number of carbonyl (C=O) groups excluding carboxylic acids is 1. The fourth-order valence-corrected chi connectivity index (χ4v) is 1.59. The first-order valence-corrected chi connectivity index (χ1v) is 6.03. The van der Waals surface area contributed by atoms with Crippen LogP contribution < -0.4 is 5.32 Å². The molecular weight excluding hydrogens is 242 g/mol. The van der Waals surface area contributed by atoms with Crippen LogP contribution in [0.5, 0.6) is 0 Å². The van der Waals surface area contributed by atoms with Crippen molar-refractivity contribution in [3.63, 3.8) is 0 Å². The highest BCUT2D eigenvalue weighted by Gasteiger charge is 2.14. The van der Waals surface area contributed by atoms with Gasteiger partial charge in [0, 0.05) is 17.3 Å². The molecule has 1 amide bonds. The molecule has 19 heavy (non-hydrogen) atoms. The first-order chi connectivity index (χ1) is 8.70. The predicted molar refractivity (Wildman–Crippen MR) is 74.0 cm³/mol. The predicted octanol–water partition coefficient (Wildman–Crippen LogP) is 2.70. The van der Waals surface area contributed by atoms with Gasteiger partial charge in [0.25, 0.3) is 5.91 Å². The first kappa shape index (κ1) is 15.0. The Bertz CT molecular complexity index is 507. The molecule has 102 valence electrons. The third-order valence-corrected chi connectivity index (χ3v) is 2.66. The van der Waals surface area contributed by atoms with Crippen LogP contribution in [-0.4, -0.2) is 17.0 Å². The minimum atomic E-state index is -1.08. The van der Waals surface area contributed by atoms with Crippen LogP contribution in [0.2, 0.25) is 0 Å². The van der Waals surface area contributed by atoms with Gasteiger partial charge in [-0.3, -0.25) is 4.79 Å². The van der Waals surface area contributed by atoms with Gasteiger partial charge in [-0.2, -0.15) is 0 Å². The number of hydrogen-bond acceptors (Lipinski definition) is 2. The standard InChI is InChI=1S/C15H19NO3/c1-10(9-13(17)18)16-14(19)11-5-7-12(8-6-11)15(2,3)4/h5-9H,1-4H3,(H,16,19)(H,17,18)/b10-9-. The van der Waals surface area contributed by atoms with Crippen molar-refractivity contribution < 1.29 is 14.7 Å². The third-order valence-electron chi connectivity index (χ3n) is 2.66. The van der Waals surface area contributed by atoms with E-state index in [0.717, 1.165) is 11.6 Å². The summed E-state index contributed by atoms with van der Waals surface area (Å²) in [6.07, 6.45) is 0.960. The van der Waals surface area contributed by atoms with Crippen LogP contribution in [0.3, 0.4) is 0 Å². The topological polar surface area (TPSA) is 66.4 Å². The highest BCUT2D eigenvalue weighted by molar-refractivity contribution is 5.96. The zero-order chi connectivity index (χ0) is 14.6. The molecule has 0 aliphatic heterocycles. The van der Waals surface area contributed by atoms with E-state index in [1.807, 2.05) is 12.1 Å². The molecule has 0 fully saturated rings. The number of rotatable bonds is 3. The molecule has 0 saturated heterocycles. The van der Waals surface area contributed by atoms with Crippen molar-refractivity contribution in [2.75, 3.05) is 0 Å². The zero-order valence-electron chi connectivity index (χ0n) is 11.7. The second-order valence-corrected chi connectivity index (χ2v) is 5.45. The number of carboxylic acid groups (broad SMARTS) is 1. The summed E-state index contributed by atoms with van der Waals surface area (Å²) in [4.78, 5) is 22.3. The van der Waals surface area contributed by atoms with Crippen molar-refractivity contribution in [1.82, 2.24) is 5.32 Å². The van der Waals surface area contributed by atoms with Gasteiger partial charge >= 0.3 is 5.97 Å². The van der Waals surface area contributed by atoms with Gasteiger partial charge in [-0.1, -0.05) is 32.9 Å². The van der Waals surface area contributed by atoms with Crippen molar-refractivity contribution in [2.45, 2.75) is 33.1 Å². The van der Waals surface area contributed by atoms with Crippen LogP contribution >= 0.6 is 0 Å². The summed E-state index contributed by atoms with van der Waals surface area (Å²) in [5.74, 6) is -1.39. The molecule has 0 bridgehead atoms. The van der Waals surface area contributed by atoms with E-state index < -0.39 is 5.97 Å². The average Bonchev–Trinajstić information content (AvgIpc) is 2.26. The van der Waals surface area contributed by atoms with E-state index in [0.29, 0.717) is 11.3 Å². The largest absolute Gasteiger partial charge is 0.478 e. The molecular formula is C15H19NO3. The van der Waals surface area contributed by atoms with Crippen molar-refractivity contribution in [1.29, 1.82) is 0 Å². The van der Waals surface area contributed by atoms with Crippen molar-refractivity contribution >= 4 is 11.9 Å². The van der Waals surface area contributed by atoms with Crippen LogP contribution in [0.25, 0.3) is 0 Å². The van der Waals surface area contributed by atoms with Crippen LogP contribution in [0, 0.1) is 0 Å². The Balaban J connectivity index is 2.82. The molecule has 0 aliphatic carbocycles. The number of nitrogens with one attached hydrogen (secondary N) is 1. The number of aliphatic carboxylic acids is 1. The number of amides is 1. The highest BCUT2D eigenvalue weighted by Crippen LogP contribution is 2.22. The van der Waals surface area contributed by atoms with Crippen molar-refractivity contribution in [3.8, 4) is 0 Å². The second-order valence-electron chi connectivity index (χ2n) is 5.45. The second kappa shape index (κ2) is 5.69. The van der Waals surface area contributed by atoms with Gasteiger partial charge in [0.1, 0.15) is 0 Å². The van der Waals surface area contributed by atoms with Crippen molar-refractivity contribution in [3.05, 3.63) is 47.2 Å². The summed E-state index contributed by atoms with van der Waals surface area (Å²) in [5.41, 5.74) is 1.99. The maximum Gasteiger partial charge on any atom is 0.330 e. The fourth-order valence-electron chi connectivity index (χ4n) is 1.59. The third kappa shape index (κ3) is 4.58. The fraction of sp³-hybridized carbons (Fsp3) is 0.333. The maximum atomic E-state index is 11.9. The van der Waals surface area contributed by atoms with Gasteiger partial charge in [-0.25, -0.2) is 4.79 Å². The van der Waals surface area contributed by atoms with Crippen molar-refractivity contribution in [2.24, 2.45) is 0 Å². The van der Waals surface area contributed by atoms with E-state index in [9.17, 15) is 9.59 Å². The minimum absolute atomic E-state index is 0.0358. The van der Waals surface area contributed by atoms with Crippen LogP contribution in [0.1, 0.15) is 43.6 Å². The molecule has 0 atom stereocenters. The molecule has 4 heteroatoms. The Hall–Kier alpha value is -2.10. The number of allylic oxidation sites excluding steroid dienone is 1. The lowest BCUT2D eigenvalue weighted by atomic mass is 9.87. The Labute approximate surface area is 113 Å². The first-order valence-electron chi connectivity index (χ1n) is 6.03. The normalized spacial score (nSPS) is 12.1. The summed E-state index contributed by atoms with van der Waals surface area (Å²) < 4.78 is 0. The molecule has 0 saturated carbocycles. The molecule has 1 aromatic rings. The Morgan fingerprint density at radius 1 is 1.16 bits per heavy atom. The molecule has 0 aromatic heterocycles. The van der Waals surface area contributed by atoms with Gasteiger partial charge in [-0.05, 0) is 30.0 Å². The average molecular weight is 261 g/mol. The molecule has 4 nitrogen and oxygen atoms in total. The molecule has 0 heterocycles. The number of benzene rings is 1. The molecule has 0 unspecified atom stereocenters. The molecule has 0 spiro atoms. The highest BCUT2D eigenvalue weighted by atomic mass is 16.4. The van der Waals surface area contributed by atoms with Gasteiger partial charge in [0.2, 0.25) is 0 Å². The van der Waals surface area contributed by atoms with Gasteiger partial charge in [0.15, 0.2) is 0 Å².